The number of ether oxygens (including phenoxy) is 1. The van der Waals surface area contributed by atoms with Gasteiger partial charge in [-0.05, 0) is 51.9 Å². The van der Waals surface area contributed by atoms with E-state index in [1.807, 2.05) is 26.2 Å². The van der Waals surface area contributed by atoms with Crippen molar-refractivity contribution in [3.05, 3.63) is 58.8 Å². The summed E-state index contributed by atoms with van der Waals surface area (Å²) in [4.78, 5) is 15.8. The summed E-state index contributed by atoms with van der Waals surface area (Å²) in [6, 6.07) is 1.43. The third kappa shape index (κ3) is 4.75. The maximum Gasteiger partial charge on any atom is 0.173 e. The van der Waals surface area contributed by atoms with E-state index >= 15 is 0 Å². The zero-order valence-corrected chi connectivity index (χ0v) is 18.3. The first kappa shape index (κ1) is 21.4. The van der Waals surface area contributed by atoms with Crippen molar-refractivity contribution in [3.8, 4) is 0 Å². The number of hydrogen-bond donors (Lipinski definition) is 1. The molecule has 0 aromatic carbocycles. The Morgan fingerprint density at radius 1 is 1.26 bits per heavy atom. The molecule has 0 unspecified atom stereocenters. The number of imidazole rings is 1. The molecule has 0 bridgehead atoms. The Morgan fingerprint density at radius 2 is 2.03 bits per heavy atom. The number of aromatic nitrogens is 4. The molecule has 4 rings (SSSR count). The Hall–Kier alpha value is -2.84. The van der Waals surface area contributed by atoms with Crippen LogP contribution in [0.3, 0.4) is 0 Å². The zero-order valence-electron chi connectivity index (χ0n) is 18.3. The summed E-state index contributed by atoms with van der Waals surface area (Å²) in [5.74, 6) is -0.0516. The monoisotopic (exact) mass is 424 g/mol. The molecule has 31 heavy (non-hydrogen) atoms. The first-order chi connectivity index (χ1) is 14.9. The van der Waals surface area contributed by atoms with Crippen molar-refractivity contribution < 1.29 is 9.13 Å². The molecule has 1 saturated heterocycles. The highest BCUT2D eigenvalue weighted by molar-refractivity contribution is 5.79. The normalized spacial score (nSPS) is 16.3. The summed E-state index contributed by atoms with van der Waals surface area (Å²) in [6.07, 6.45) is 9.20. The Labute approximate surface area is 181 Å². The van der Waals surface area contributed by atoms with Crippen molar-refractivity contribution in [1.29, 1.82) is 0 Å². The Balaban J connectivity index is 1.56. The number of piperidine rings is 1. The fraction of sp³-hybridized carbons (Fsp3) is 0.435. The fourth-order valence-corrected chi connectivity index (χ4v) is 4.08. The lowest BCUT2D eigenvalue weighted by atomic mass is 9.94. The van der Waals surface area contributed by atoms with Crippen molar-refractivity contribution in [2.45, 2.75) is 32.6 Å². The molecule has 1 aliphatic rings. The van der Waals surface area contributed by atoms with Crippen LogP contribution in [0.15, 0.2) is 24.7 Å². The van der Waals surface area contributed by atoms with Crippen molar-refractivity contribution in [2.75, 3.05) is 33.4 Å². The molecule has 0 atom stereocenters. The molecule has 0 aliphatic carbocycles. The molecule has 3 aromatic rings. The molecule has 7 nitrogen and oxygen atoms in total. The van der Waals surface area contributed by atoms with Gasteiger partial charge in [-0.15, -0.1) is 0 Å². The van der Waals surface area contributed by atoms with Gasteiger partial charge in [0.15, 0.2) is 11.5 Å². The lowest BCUT2D eigenvalue weighted by Crippen LogP contribution is -2.35. The predicted octanol–water partition coefficient (Wildman–Crippen LogP) is 3.16. The molecule has 0 spiro atoms. The molecule has 0 amide bonds. The second-order valence-electron chi connectivity index (χ2n) is 8.16. The van der Waals surface area contributed by atoms with Gasteiger partial charge in [-0.1, -0.05) is 0 Å². The molecule has 164 valence electrons. The number of likely N-dealkylation sites (tertiary alicyclic amines) is 1. The second-order valence-corrected chi connectivity index (χ2v) is 8.16. The SMILES string of the molecule is COCCN1CCC(c2cn3cc(/C(N)=C/c4ncc(C)nc4C)cc(F)c3n2)CC1. The third-order valence-electron chi connectivity index (χ3n) is 5.87. The predicted molar refractivity (Wildman–Crippen MR) is 119 cm³/mol. The standard InChI is InChI=1S/C23H29FN6O/c1-15-12-26-21(16(2)27-15)11-20(25)18-10-19(24)23-28-22(14-30(23)13-18)17-4-6-29(7-5-17)8-9-31-3/h10-14,17H,4-9,25H2,1-3H3/b20-11-. The summed E-state index contributed by atoms with van der Waals surface area (Å²) in [6.45, 7) is 7.47. The molecule has 3 aromatic heterocycles. The van der Waals surface area contributed by atoms with Crippen LogP contribution in [0.1, 0.15) is 47.1 Å². The van der Waals surface area contributed by atoms with Crippen LogP contribution in [0.4, 0.5) is 4.39 Å². The minimum Gasteiger partial charge on any atom is -0.398 e. The number of nitrogens with two attached hydrogens (primary N) is 1. The van der Waals surface area contributed by atoms with E-state index < -0.39 is 0 Å². The van der Waals surface area contributed by atoms with Gasteiger partial charge in [0, 0.05) is 49.4 Å². The quantitative estimate of drug-likeness (QED) is 0.655. The third-order valence-corrected chi connectivity index (χ3v) is 5.87. The van der Waals surface area contributed by atoms with E-state index in [1.54, 1.807) is 23.8 Å². The highest BCUT2D eigenvalue weighted by atomic mass is 19.1. The van der Waals surface area contributed by atoms with Gasteiger partial charge in [-0.25, -0.2) is 9.37 Å². The minimum absolute atomic E-state index is 0.333. The van der Waals surface area contributed by atoms with Crippen LogP contribution in [-0.2, 0) is 4.74 Å². The number of methoxy groups -OCH3 is 1. The average Bonchev–Trinajstić information content (AvgIpc) is 3.19. The van der Waals surface area contributed by atoms with Crippen LogP contribution in [0.25, 0.3) is 17.4 Å². The molecular formula is C23H29FN6O. The van der Waals surface area contributed by atoms with E-state index in [0.29, 0.717) is 28.5 Å². The van der Waals surface area contributed by atoms with Gasteiger partial charge in [-0.2, -0.15) is 0 Å². The zero-order chi connectivity index (χ0) is 22.0. The van der Waals surface area contributed by atoms with Crippen LogP contribution in [0.5, 0.6) is 0 Å². The van der Waals surface area contributed by atoms with Crippen molar-refractivity contribution in [3.63, 3.8) is 0 Å². The second kappa shape index (κ2) is 9.11. The van der Waals surface area contributed by atoms with Gasteiger partial charge in [-0.3, -0.25) is 9.97 Å². The Bertz CT molecular complexity index is 1100. The molecule has 1 aliphatic heterocycles. The van der Waals surface area contributed by atoms with Gasteiger partial charge in [0.05, 0.1) is 29.4 Å². The van der Waals surface area contributed by atoms with Gasteiger partial charge < -0.3 is 19.8 Å². The maximum atomic E-state index is 14.8. The summed E-state index contributed by atoms with van der Waals surface area (Å²) >= 11 is 0. The van der Waals surface area contributed by atoms with Crippen molar-refractivity contribution in [1.82, 2.24) is 24.3 Å². The number of rotatable bonds is 6. The molecular weight excluding hydrogens is 395 g/mol. The Morgan fingerprint density at radius 3 is 2.74 bits per heavy atom. The van der Waals surface area contributed by atoms with E-state index in [4.69, 9.17) is 10.5 Å². The largest absolute Gasteiger partial charge is 0.398 e. The lowest BCUT2D eigenvalue weighted by molar-refractivity contribution is 0.130. The Kier molecular flexibility index (Phi) is 6.29. The number of nitrogens with zero attached hydrogens (tertiary/aromatic N) is 5. The first-order valence-corrected chi connectivity index (χ1v) is 10.6. The van der Waals surface area contributed by atoms with E-state index in [9.17, 15) is 4.39 Å². The average molecular weight is 425 g/mol. The molecule has 1 fully saturated rings. The summed E-state index contributed by atoms with van der Waals surface area (Å²) in [7, 11) is 1.73. The topological polar surface area (TPSA) is 81.6 Å². The minimum atomic E-state index is -0.385. The number of aryl methyl sites for hydroxylation is 2. The van der Waals surface area contributed by atoms with Crippen LogP contribution >= 0.6 is 0 Å². The lowest BCUT2D eigenvalue weighted by Gasteiger charge is -2.30. The maximum absolute atomic E-state index is 14.8. The number of hydrogen-bond acceptors (Lipinski definition) is 6. The van der Waals surface area contributed by atoms with E-state index in [-0.39, 0.29) is 5.82 Å². The molecule has 0 saturated carbocycles. The number of pyridine rings is 1. The highest BCUT2D eigenvalue weighted by Gasteiger charge is 2.23. The smallest absolute Gasteiger partial charge is 0.173 e. The van der Waals surface area contributed by atoms with Gasteiger partial charge >= 0.3 is 0 Å². The van der Waals surface area contributed by atoms with Crippen molar-refractivity contribution in [2.24, 2.45) is 5.73 Å². The van der Waals surface area contributed by atoms with E-state index in [2.05, 4.69) is 19.9 Å². The molecule has 8 heteroatoms. The highest BCUT2D eigenvalue weighted by Crippen LogP contribution is 2.28. The first-order valence-electron chi connectivity index (χ1n) is 10.6. The summed E-state index contributed by atoms with van der Waals surface area (Å²) < 4.78 is 21.8. The molecule has 2 N–H and O–H groups in total. The summed E-state index contributed by atoms with van der Waals surface area (Å²) in [5, 5.41) is 0. The number of fused-ring (bicyclic) bond motifs is 1. The van der Waals surface area contributed by atoms with Gasteiger partial charge in [0.2, 0.25) is 0 Å². The van der Waals surface area contributed by atoms with Crippen LogP contribution in [-0.4, -0.2) is 57.6 Å². The summed E-state index contributed by atoms with van der Waals surface area (Å²) in [5.41, 5.74) is 10.9. The van der Waals surface area contributed by atoms with Gasteiger partial charge in [0.25, 0.3) is 0 Å². The van der Waals surface area contributed by atoms with Crippen molar-refractivity contribution >= 4 is 17.4 Å². The van der Waals surface area contributed by atoms with E-state index in [0.717, 1.165) is 56.2 Å². The molecule has 0 radical (unpaired) electrons. The van der Waals surface area contributed by atoms with Crippen LogP contribution in [0.2, 0.25) is 0 Å². The van der Waals surface area contributed by atoms with E-state index in [1.165, 1.54) is 6.07 Å². The fourth-order valence-electron chi connectivity index (χ4n) is 4.08. The number of halogens is 1. The molecule has 4 heterocycles. The van der Waals surface area contributed by atoms with Crippen LogP contribution in [0, 0.1) is 19.7 Å². The van der Waals surface area contributed by atoms with Crippen LogP contribution < -0.4 is 5.73 Å². The van der Waals surface area contributed by atoms with Gasteiger partial charge in [0.1, 0.15) is 0 Å².